The zero-order valence-electron chi connectivity index (χ0n) is 17.6. The Morgan fingerprint density at radius 3 is 2.68 bits per heavy atom. The number of hydrogen-bond acceptors (Lipinski definition) is 3. The molecule has 2 amide bonds. The largest absolute Gasteiger partial charge is 0.384 e. The minimum absolute atomic E-state index is 0.0453. The number of amides is 2. The fraction of sp³-hybridized carbons (Fsp3) is 0.240. The molecule has 1 aromatic carbocycles. The summed E-state index contributed by atoms with van der Waals surface area (Å²) in [6.07, 6.45) is 12.8. The van der Waals surface area contributed by atoms with Crippen molar-refractivity contribution in [2.24, 2.45) is 5.73 Å². The highest BCUT2D eigenvalue weighted by Gasteiger charge is 2.23. The van der Waals surface area contributed by atoms with E-state index in [9.17, 15) is 9.59 Å². The van der Waals surface area contributed by atoms with Crippen LogP contribution in [0, 0.1) is 5.41 Å². The summed E-state index contributed by atoms with van der Waals surface area (Å²) >= 11 is 0. The Morgan fingerprint density at radius 2 is 2.00 bits per heavy atom. The van der Waals surface area contributed by atoms with Crippen molar-refractivity contribution in [2.75, 3.05) is 6.54 Å². The third-order valence-electron chi connectivity index (χ3n) is 5.01. The third-order valence-corrected chi connectivity index (χ3v) is 5.01. The van der Waals surface area contributed by atoms with Gasteiger partial charge in [0.25, 0.3) is 5.91 Å². The quantitative estimate of drug-likeness (QED) is 0.264. The van der Waals surface area contributed by atoms with Crippen molar-refractivity contribution in [1.82, 2.24) is 10.2 Å². The molecule has 0 fully saturated rings. The Hall–Kier alpha value is -3.85. The summed E-state index contributed by atoms with van der Waals surface area (Å²) in [6, 6.07) is 7.48. The number of rotatable bonds is 8. The van der Waals surface area contributed by atoms with E-state index in [-0.39, 0.29) is 29.8 Å². The molecule has 0 saturated heterocycles. The minimum atomic E-state index is -0.298. The van der Waals surface area contributed by atoms with Gasteiger partial charge in [-0.05, 0) is 48.8 Å². The third kappa shape index (κ3) is 6.06. The van der Waals surface area contributed by atoms with Crippen LogP contribution in [-0.4, -0.2) is 29.1 Å². The van der Waals surface area contributed by atoms with Crippen molar-refractivity contribution >= 4 is 17.6 Å². The second kappa shape index (κ2) is 10.3. The van der Waals surface area contributed by atoms with Crippen molar-refractivity contribution in [2.45, 2.75) is 32.6 Å². The van der Waals surface area contributed by atoms with E-state index in [1.807, 2.05) is 54.6 Å². The van der Waals surface area contributed by atoms with Gasteiger partial charge < -0.3 is 11.1 Å². The number of nitrogens with one attached hydrogen (secondary N) is 2. The van der Waals surface area contributed by atoms with Gasteiger partial charge in [0.05, 0.1) is 12.1 Å². The Labute approximate surface area is 182 Å². The van der Waals surface area contributed by atoms with Gasteiger partial charge in [0, 0.05) is 12.1 Å². The molecule has 1 aliphatic heterocycles. The lowest BCUT2D eigenvalue weighted by Gasteiger charge is -2.23. The zero-order chi connectivity index (χ0) is 22.2. The number of nitrogens with two attached hydrogens (primary N) is 1. The number of benzene rings is 1. The highest BCUT2D eigenvalue weighted by molar-refractivity contribution is 5.99. The van der Waals surface area contributed by atoms with E-state index in [0.717, 1.165) is 24.0 Å². The van der Waals surface area contributed by atoms with Crippen LogP contribution in [-0.2, 0) is 16.0 Å². The van der Waals surface area contributed by atoms with Gasteiger partial charge in [0.15, 0.2) is 5.70 Å². The fourth-order valence-electron chi connectivity index (χ4n) is 3.25. The van der Waals surface area contributed by atoms with Crippen LogP contribution in [0.15, 0.2) is 83.1 Å². The molecule has 4 N–H and O–H groups in total. The molecule has 1 aliphatic carbocycles. The van der Waals surface area contributed by atoms with Gasteiger partial charge in [-0.25, -0.2) is 0 Å². The van der Waals surface area contributed by atoms with E-state index in [1.54, 1.807) is 11.8 Å². The van der Waals surface area contributed by atoms with Crippen molar-refractivity contribution in [3.63, 3.8) is 0 Å². The predicted molar refractivity (Wildman–Crippen MR) is 121 cm³/mol. The highest BCUT2D eigenvalue weighted by atomic mass is 16.2. The number of amidine groups is 1. The van der Waals surface area contributed by atoms with Gasteiger partial charge in [-0.1, -0.05) is 54.6 Å². The Bertz CT molecular complexity index is 1080. The summed E-state index contributed by atoms with van der Waals surface area (Å²) in [5.74, 6) is -0.489. The molecular formula is C25H26N4O2. The van der Waals surface area contributed by atoms with Crippen LogP contribution in [0.25, 0.3) is 0 Å². The van der Waals surface area contributed by atoms with E-state index in [1.165, 1.54) is 0 Å². The van der Waals surface area contributed by atoms with Gasteiger partial charge in [-0.2, -0.15) is 0 Å². The number of carbonyl (C=O) groups excluding carboxylic acids is 2. The first-order chi connectivity index (χ1) is 14.9. The van der Waals surface area contributed by atoms with Crippen LogP contribution in [0.1, 0.15) is 37.3 Å². The smallest absolute Gasteiger partial charge is 0.284 e. The first-order valence-electron chi connectivity index (χ1n) is 10.2. The molecule has 0 atom stereocenters. The van der Waals surface area contributed by atoms with Crippen molar-refractivity contribution in [3.8, 4) is 0 Å². The molecule has 6 heteroatoms. The SMILES string of the molecule is CC1=C=C=C(NC(=O)CC2=CCCC=C2)C(=O)N1C/C=C/Cc1ccc(C(=N)N)cc1. The molecule has 1 aromatic rings. The lowest BCUT2D eigenvalue weighted by molar-refractivity contribution is -0.128. The summed E-state index contributed by atoms with van der Waals surface area (Å²) in [7, 11) is 0. The van der Waals surface area contributed by atoms with E-state index in [4.69, 9.17) is 11.1 Å². The minimum Gasteiger partial charge on any atom is -0.384 e. The number of allylic oxidation sites excluding steroid dienone is 5. The van der Waals surface area contributed by atoms with Crippen LogP contribution < -0.4 is 11.1 Å². The van der Waals surface area contributed by atoms with E-state index in [0.29, 0.717) is 24.2 Å². The second-order valence-electron chi connectivity index (χ2n) is 7.40. The van der Waals surface area contributed by atoms with Gasteiger partial charge in [-0.15, -0.1) is 0 Å². The molecule has 0 bridgehead atoms. The normalized spacial score (nSPS) is 15.6. The maximum absolute atomic E-state index is 12.8. The molecule has 1 heterocycles. The molecule has 0 unspecified atom stereocenters. The first kappa shape index (κ1) is 21.8. The number of hydrogen-bond donors (Lipinski definition) is 3. The van der Waals surface area contributed by atoms with E-state index >= 15 is 0 Å². The molecule has 0 saturated carbocycles. The molecule has 0 spiro atoms. The molecule has 158 valence electrons. The Morgan fingerprint density at radius 1 is 1.23 bits per heavy atom. The monoisotopic (exact) mass is 414 g/mol. The standard InChI is InChI=1S/C25H26N4O2/c1-18-10-15-22(28-23(30)17-20-8-3-2-4-9-20)25(31)29(18)16-6-5-7-19-11-13-21(14-12-19)24(26)27/h3,5-6,8-9,11-14H,2,4,7,16-17H2,1H3,(H3,26,27)(H,28,30)/b6-5+. The van der Waals surface area contributed by atoms with Crippen LogP contribution >= 0.6 is 0 Å². The fourth-order valence-corrected chi connectivity index (χ4v) is 3.25. The Kier molecular flexibility index (Phi) is 7.23. The Balaban J connectivity index is 1.55. The van der Waals surface area contributed by atoms with Gasteiger partial charge in [-0.3, -0.25) is 19.9 Å². The van der Waals surface area contributed by atoms with Crippen LogP contribution in [0.4, 0.5) is 0 Å². The molecular weight excluding hydrogens is 388 g/mol. The molecule has 0 aromatic heterocycles. The predicted octanol–water partition coefficient (Wildman–Crippen LogP) is 3.24. The first-order valence-corrected chi connectivity index (χ1v) is 10.2. The summed E-state index contributed by atoms with van der Waals surface area (Å²) < 4.78 is 0. The summed E-state index contributed by atoms with van der Waals surface area (Å²) in [5.41, 5.74) is 14.6. The van der Waals surface area contributed by atoms with Crippen LogP contribution in [0.5, 0.6) is 0 Å². The number of nitrogens with zero attached hydrogens (tertiary/aromatic N) is 1. The van der Waals surface area contributed by atoms with Crippen molar-refractivity contribution < 1.29 is 9.59 Å². The maximum atomic E-state index is 12.8. The summed E-state index contributed by atoms with van der Waals surface area (Å²) in [6.45, 7) is 2.16. The average Bonchev–Trinajstić information content (AvgIpc) is 2.76. The topological polar surface area (TPSA) is 99.3 Å². The number of nitrogen functional groups attached to an aromatic ring is 1. The molecule has 31 heavy (non-hydrogen) atoms. The van der Waals surface area contributed by atoms with Gasteiger partial charge >= 0.3 is 0 Å². The second-order valence-corrected chi connectivity index (χ2v) is 7.40. The molecule has 6 nitrogen and oxygen atoms in total. The maximum Gasteiger partial charge on any atom is 0.284 e. The summed E-state index contributed by atoms with van der Waals surface area (Å²) in [5, 5.41) is 10.1. The van der Waals surface area contributed by atoms with Crippen LogP contribution in [0.2, 0.25) is 0 Å². The van der Waals surface area contributed by atoms with Crippen molar-refractivity contribution in [3.05, 3.63) is 94.2 Å². The molecule has 3 rings (SSSR count). The molecule has 0 radical (unpaired) electrons. The van der Waals surface area contributed by atoms with Gasteiger partial charge in [0.2, 0.25) is 5.91 Å². The van der Waals surface area contributed by atoms with E-state index in [2.05, 4.69) is 16.8 Å². The lowest BCUT2D eigenvalue weighted by atomic mass is 10.0. The van der Waals surface area contributed by atoms with E-state index < -0.39 is 0 Å². The number of carbonyl (C=O) groups is 2. The van der Waals surface area contributed by atoms with Crippen molar-refractivity contribution in [1.29, 1.82) is 5.41 Å². The zero-order valence-corrected chi connectivity index (χ0v) is 17.6. The lowest BCUT2D eigenvalue weighted by Crippen LogP contribution is -2.38. The average molecular weight is 415 g/mol. The highest BCUT2D eigenvalue weighted by Crippen LogP contribution is 2.15. The van der Waals surface area contributed by atoms with Crippen LogP contribution in [0.3, 0.4) is 0 Å². The molecule has 2 aliphatic rings. The summed E-state index contributed by atoms with van der Waals surface area (Å²) in [4.78, 5) is 26.7. The van der Waals surface area contributed by atoms with Gasteiger partial charge in [0.1, 0.15) is 5.84 Å².